The van der Waals surface area contributed by atoms with E-state index in [1.165, 1.54) is 10.8 Å². The molecule has 9 heteroatoms. The highest BCUT2D eigenvalue weighted by atomic mass is 16.3. The van der Waals surface area contributed by atoms with Crippen LogP contribution in [-0.4, -0.2) is 27.5 Å². The summed E-state index contributed by atoms with van der Waals surface area (Å²) in [4.78, 5) is 51.3. The van der Waals surface area contributed by atoms with Gasteiger partial charge in [0.1, 0.15) is 12.3 Å². The Balaban J connectivity index is 1.66. The summed E-state index contributed by atoms with van der Waals surface area (Å²) in [6, 6.07) is 16.8. The van der Waals surface area contributed by atoms with Gasteiger partial charge in [0.05, 0.1) is 35.8 Å². The van der Waals surface area contributed by atoms with Crippen LogP contribution in [-0.2, 0) is 29.1 Å². The van der Waals surface area contributed by atoms with Crippen molar-refractivity contribution in [1.82, 2.24) is 19.8 Å². The molecule has 9 nitrogen and oxygen atoms in total. The molecule has 2 aromatic heterocycles. The van der Waals surface area contributed by atoms with Crippen LogP contribution in [0.25, 0.3) is 16.6 Å². The van der Waals surface area contributed by atoms with E-state index in [1.54, 1.807) is 60.7 Å². The molecule has 0 saturated heterocycles. The Morgan fingerprint density at radius 1 is 0.914 bits per heavy atom. The van der Waals surface area contributed by atoms with Gasteiger partial charge in [-0.15, -0.1) is 0 Å². The second-order valence-electron chi connectivity index (χ2n) is 8.08. The van der Waals surface area contributed by atoms with Crippen molar-refractivity contribution in [3.8, 4) is 5.69 Å². The average Bonchev–Trinajstić information content (AvgIpc) is 3.39. The molecule has 0 aliphatic carbocycles. The molecule has 0 atom stereocenters. The number of hydrogen-bond acceptors (Lipinski definition) is 5. The van der Waals surface area contributed by atoms with Crippen LogP contribution in [0.3, 0.4) is 0 Å². The van der Waals surface area contributed by atoms with Crippen LogP contribution in [0.2, 0.25) is 0 Å². The lowest BCUT2D eigenvalue weighted by Crippen LogP contribution is -2.41. The van der Waals surface area contributed by atoms with Crippen molar-refractivity contribution in [3.05, 3.63) is 99.1 Å². The Bertz CT molecular complexity index is 1450. The topological polar surface area (TPSA) is 115 Å². The molecule has 0 unspecified atom stereocenters. The van der Waals surface area contributed by atoms with Gasteiger partial charge in [-0.3, -0.25) is 19.0 Å². The highest BCUT2D eigenvalue weighted by Gasteiger charge is 2.17. The standard InChI is InChI=1S/C26H26N4O5/c1-2-13-27-23(31)15-18-9-11-19(12-10-18)30-25(33)21-7-3-4-8-22(21)29(26(30)34)17-24(32)28-16-20-6-5-14-35-20/h3-12,14H,2,13,15-17H2,1H3,(H,27,31)(H,28,32). The predicted octanol–water partition coefficient (Wildman–Crippen LogP) is 2.13. The van der Waals surface area contributed by atoms with Crippen LogP contribution in [0.15, 0.2) is 80.9 Å². The van der Waals surface area contributed by atoms with Gasteiger partial charge in [-0.05, 0) is 48.4 Å². The Kier molecular flexibility index (Phi) is 7.25. The van der Waals surface area contributed by atoms with E-state index in [1.807, 2.05) is 6.92 Å². The number of hydrogen-bond donors (Lipinski definition) is 2. The largest absolute Gasteiger partial charge is 0.467 e. The van der Waals surface area contributed by atoms with E-state index in [9.17, 15) is 19.2 Å². The number of aromatic nitrogens is 2. The summed E-state index contributed by atoms with van der Waals surface area (Å²) in [5.74, 6) is 0.0988. The van der Waals surface area contributed by atoms with Crippen LogP contribution >= 0.6 is 0 Å². The maximum Gasteiger partial charge on any atom is 0.336 e. The number of rotatable bonds is 9. The molecule has 180 valence electrons. The summed E-state index contributed by atoms with van der Waals surface area (Å²) in [6.45, 7) is 2.51. The van der Waals surface area contributed by atoms with Crippen LogP contribution in [0.4, 0.5) is 0 Å². The van der Waals surface area contributed by atoms with E-state index in [0.717, 1.165) is 16.6 Å². The number of para-hydroxylation sites is 1. The van der Waals surface area contributed by atoms with Crippen LogP contribution in [0.5, 0.6) is 0 Å². The lowest BCUT2D eigenvalue weighted by Gasteiger charge is -2.14. The van der Waals surface area contributed by atoms with Gasteiger partial charge < -0.3 is 15.1 Å². The molecule has 2 N–H and O–H groups in total. The maximum atomic E-state index is 13.4. The number of fused-ring (bicyclic) bond motifs is 1. The molecule has 35 heavy (non-hydrogen) atoms. The molecule has 4 aromatic rings. The predicted molar refractivity (Wildman–Crippen MR) is 131 cm³/mol. The van der Waals surface area contributed by atoms with Gasteiger partial charge in [0.25, 0.3) is 5.56 Å². The van der Waals surface area contributed by atoms with Gasteiger partial charge in [0, 0.05) is 6.54 Å². The number of nitrogens with one attached hydrogen (secondary N) is 2. The minimum Gasteiger partial charge on any atom is -0.467 e. The van der Waals surface area contributed by atoms with E-state index in [0.29, 0.717) is 28.9 Å². The summed E-state index contributed by atoms with van der Waals surface area (Å²) in [7, 11) is 0. The molecule has 0 fully saturated rings. The van der Waals surface area contributed by atoms with Crippen LogP contribution in [0.1, 0.15) is 24.7 Å². The molecule has 0 spiro atoms. The number of furan rings is 1. The van der Waals surface area contributed by atoms with Crippen molar-refractivity contribution < 1.29 is 14.0 Å². The van der Waals surface area contributed by atoms with E-state index in [4.69, 9.17) is 4.42 Å². The third kappa shape index (κ3) is 5.40. The van der Waals surface area contributed by atoms with Gasteiger partial charge in [0.2, 0.25) is 11.8 Å². The summed E-state index contributed by atoms with van der Waals surface area (Å²) in [6.07, 6.45) is 2.56. The summed E-state index contributed by atoms with van der Waals surface area (Å²) < 4.78 is 7.54. The SMILES string of the molecule is CCCNC(=O)Cc1ccc(-n2c(=O)c3ccccc3n(CC(=O)NCc3ccco3)c2=O)cc1. The van der Waals surface area contributed by atoms with Crippen molar-refractivity contribution in [3.63, 3.8) is 0 Å². The summed E-state index contributed by atoms with van der Waals surface area (Å²) in [5.41, 5.74) is 0.375. The van der Waals surface area contributed by atoms with Gasteiger partial charge in [0.15, 0.2) is 0 Å². The van der Waals surface area contributed by atoms with Gasteiger partial charge in [-0.1, -0.05) is 31.2 Å². The van der Waals surface area contributed by atoms with Gasteiger partial charge in [-0.25, -0.2) is 9.36 Å². The van der Waals surface area contributed by atoms with E-state index in [-0.39, 0.29) is 25.4 Å². The van der Waals surface area contributed by atoms with Crippen molar-refractivity contribution in [2.75, 3.05) is 6.54 Å². The number of amides is 2. The van der Waals surface area contributed by atoms with Gasteiger partial charge >= 0.3 is 5.69 Å². The fourth-order valence-electron chi connectivity index (χ4n) is 3.77. The molecule has 0 bridgehead atoms. The molecule has 0 aliphatic rings. The molecular formula is C26H26N4O5. The molecule has 0 aliphatic heterocycles. The molecule has 0 saturated carbocycles. The second-order valence-corrected chi connectivity index (χ2v) is 8.08. The number of carbonyl (C=O) groups is 2. The first-order valence-corrected chi connectivity index (χ1v) is 11.4. The smallest absolute Gasteiger partial charge is 0.336 e. The minimum atomic E-state index is -0.629. The highest BCUT2D eigenvalue weighted by molar-refractivity contribution is 5.82. The zero-order chi connectivity index (χ0) is 24.8. The van der Waals surface area contributed by atoms with E-state index in [2.05, 4.69) is 10.6 Å². The Morgan fingerprint density at radius 3 is 2.40 bits per heavy atom. The lowest BCUT2D eigenvalue weighted by molar-refractivity contribution is -0.122. The Labute approximate surface area is 201 Å². The average molecular weight is 475 g/mol. The highest BCUT2D eigenvalue weighted by Crippen LogP contribution is 2.12. The number of benzene rings is 2. The van der Waals surface area contributed by atoms with E-state index < -0.39 is 17.2 Å². The molecular weight excluding hydrogens is 448 g/mol. The molecule has 4 rings (SSSR count). The monoisotopic (exact) mass is 474 g/mol. The normalized spacial score (nSPS) is 10.9. The van der Waals surface area contributed by atoms with Crippen molar-refractivity contribution in [2.24, 2.45) is 0 Å². The summed E-state index contributed by atoms with van der Waals surface area (Å²) in [5, 5.41) is 5.85. The molecule has 2 heterocycles. The minimum absolute atomic E-state index is 0.0922. The zero-order valence-corrected chi connectivity index (χ0v) is 19.3. The summed E-state index contributed by atoms with van der Waals surface area (Å²) >= 11 is 0. The maximum absolute atomic E-state index is 13.4. The third-order valence-electron chi connectivity index (χ3n) is 5.52. The Morgan fingerprint density at radius 2 is 1.69 bits per heavy atom. The second kappa shape index (κ2) is 10.7. The van der Waals surface area contributed by atoms with Gasteiger partial charge in [-0.2, -0.15) is 0 Å². The first kappa shape index (κ1) is 23.7. The van der Waals surface area contributed by atoms with E-state index >= 15 is 0 Å². The van der Waals surface area contributed by atoms with Crippen LogP contribution in [0, 0.1) is 0 Å². The van der Waals surface area contributed by atoms with Crippen molar-refractivity contribution in [1.29, 1.82) is 0 Å². The Hall–Kier alpha value is -4.40. The fourth-order valence-corrected chi connectivity index (χ4v) is 3.77. The van der Waals surface area contributed by atoms with Crippen LogP contribution < -0.4 is 21.9 Å². The molecule has 2 amide bonds. The number of carbonyl (C=O) groups excluding carboxylic acids is 2. The van der Waals surface area contributed by atoms with Crippen molar-refractivity contribution in [2.45, 2.75) is 32.9 Å². The molecule has 2 aromatic carbocycles. The zero-order valence-electron chi connectivity index (χ0n) is 19.3. The quantitative estimate of drug-likeness (QED) is 0.386. The number of nitrogens with zero attached hydrogens (tertiary/aromatic N) is 2. The first-order chi connectivity index (χ1) is 17.0. The lowest BCUT2D eigenvalue weighted by atomic mass is 10.1. The molecule has 0 radical (unpaired) electrons. The first-order valence-electron chi connectivity index (χ1n) is 11.4. The van der Waals surface area contributed by atoms with Crippen molar-refractivity contribution >= 4 is 22.7 Å². The third-order valence-corrected chi connectivity index (χ3v) is 5.52. The fraction of sp³-hybridized carbons (Fsp3) is 0.231.